The van der Waals surface area contributed by atoms with E-state index in [2.05, 4.69) is 15.6 Å². The third-order valence-corrected chi connectivity index (χ3v) is 3.30. The highest BCUT2D eigenvalue weighted by atomic mass is 16.3. The molecule has 0 saturated carbocycles. The standard InChI is InChI=1S/C16H19N5O2/c1-11-4-7-15(23-11)14(21(2)3)10-19-16(22)20-13-6-5-12(8-17)18-9-13/h4-7,9,14H,10H2,1-3H3,(H2,19,20,22)/t14-/m0/s1. The van der Waals surface area contributed by atoms with Crippen LogP contribution in [0.4, 0.5) is 10.5 Å². The van der Waals surface area contributed by atoms with Gasteiger partial charge in [0.25, 0.3) is 0 Å². The van der Waals surface area contributed by atoms with Gasteiger partial charge < -0.3 is 15.1 Å². The van der Waals surface area contributed by atoms with E-state index in [-0.39, 0.29) is 12.1 Å². The topological polar surface area (TPSA) is 94.2 Å². The number of furan rings is 1. The van der Waals surface area contributed by atoms with Crippen molar-refractivity contribution in [2.45, 2.75) is 13.0 Å². The quantitative estimate of drug-likeness (QED) is 0.883. The van der Waals surface area contributed by atoms with Crippen molar-refractivity contribution >= 4 is 11.7 Å². The van der Waals surface area contributed by atoms with Crippen LogP contribution in [-0.4, -0.2) is 36.6 Å². The van der Waals surface area contributed by atoms with E-state index >= 15 is 0 Å². The zero-order chi connectivity index (χ0) is 16.8. The smallest absolute Gasteiger partial charge is 0.319 e. The average molecular weight is 313 g/mol. The monoisotopic (exact) mass is 313 g/mol. The number of amides is 2. The Balaban J connectivity index is 1.92. The summed E-state index contributed by atoms with van der Waals surface area (Å²) in [6, 6.07) is 8.50. The van der Waals surface area contributed by atoms with Gasteiger partial charge in [-0.2, -0.15) is 5.26 Å². The molecule has 0 unspecified atom stereocenters. The zero-order valence-corrected chi connectivity index (χ0v) is 13.3. The fourth-order valence-corrected chi connectivity index (χ4v) is 2.07. The minimum Gasteiger partial charge on any atom is -0.465 e. The first-order chi connectivity index (χ1) is 11.0. The molecule has 0 fully saturated rings. The van der Waals surface area contributed by atoms with E-state index in [1.807, 2.05) is 44.1 Å². The van der Waals surface area contributed by atoms with Crippen LogP contribution in [0.3, 0.4) is 0 Å². The van der Waals surface area contributed by atoms with Crippen LogP contribution in [0.1, 0.15) is 23.3 Å². The second kappa shape index (κ2) is 7.42. The van der Waals surface area contributed by atoms with Crippen LogP contribution < -0.4 is 10.6 Å². The molecule has 23 heavy (non-hydrogen) atoms. The Morgan fingerprint density at radius 1 is 1.39 bits per heavy atom. The predicted molar refractivity (Wildman–Crippen MR) is 85.8 cm³/mol. The number of pyridine rings is 1. The Labute approximate surface area is 134 Å². The van der Waals surface area contributed by atoms with Crippen LogP contribution in [0.5, 0.6) is 0 Å². The summed E-state index contributed by atoms with van der Waals surface area (Å²) >= 11 is 0. The molecule has 2 N–H and O–H groups in total. The Hall–Kier alpha value is -2.85. The maximum absolute atomic E-state index is 12.0. The maximum Gasteiger partial charge on any atom is 0.319 e. The highest BCUT2D eigenvalue weighted by Gasteiger charge is 2.18. The van der Waals surface area contributed by atoms with Crippen LogP contribution in [-0.2, 0) is 0 Å². The lowest BCUT2D eigenvalue weighted by Gasteiger charge is -2.22. The van der Waals surface area contributed by atoms with Gasteiger partial charge in [-0.1, -0.05) is 0 Å². The molecule has 0 aromatic carbocycles. The molecule has 7 heteroatoms. The highest BCUT2D eigenvalue weighted by Crippen LogP contribution is 2.19. The Morgan fingerprint density at radius 3 is 2.70 bits per heavy atom. The number of urea groups is 1. The summed E-state index contributed by atoms with van der Waals surface area (Å²) in [6.07, 6.45) is 1.44. The summed E-state index contributed by atoms with van der Waals surface area (Å²) in [5.41, 5.74) is 0.827. The number of nitrogens with zero attached hydrogens (tertiary/aromatic N) is 3. The normalized spacial score (nSPS) is 11.8. The molecule has 0 spiro atoms. The van der Waals surface area contributed by atoms with Gasteiger partial charge in [-0.25, -0.2) is 9.78 Å². The molecule has 0 radical (unpaired) electrons. The predicted octanol–water partition coefficient (Wildman–Crippen LogP) is 2.28. The van der Waals surface area contributed by atoms with Crippen LogP contribution in [0.25, 0.3) is 0 Å². The van der Waals surface area contributed by atoms with E-state index in [1.165, 1.54) is 6.20 Å². The molecule has 2 heterocycles. The van der Waals surface area contributed by atoms with Crippen molar-refractivity contribution in [3.05, 3.63) is 47.7 Å². The number of carbonyl (C=O) groups is 1. The second-order valence-electron chi connectivity index (χ2n) is 5.31. The summed E-state index contributed by atoms with van der Waals surface area (Å²) in [7, 11) is 3.85. The molecule has 2 rings (SSSR count). The summed E-state index contributed by atoms with van der Waals surface area (Å²) < 4.78 is 5.63. The number of nitriles is 1. The molecule has 0 aliphatic carbocycles. The molecule has 2 aromatic rings. The number of likely N-dealkylation sites (N-methyl/N-ethyl adjacent to an activating group) is 1. The van der Waals surface area contributed by atoms with Gasteiger partial charge in [-0.15, -0.1) is 0 Å². The zero-order valence-electron chi connectivity index (χ0n) is 13.3. The molecular weight excluding hydrogens is 294 g/mol. The lowest BCUT2D eigenvalue weighted by molar-refractivity contribution is 0.232. The maximum atomic E-state index is 12.0. The molecule has 7 nitrogen and oxygen atoms in total. The van der Waals surface area contributed by atoms with Crippen molar-refractivity contribution < 1.29 is 9.21 Å². The largest absolute Gasteiger partial charge is 0.465 e. The number of rotatable bonds is 5. The number of carbonyl (C=O) groups excluding carboxylic acids is 1. The first-order valence-electron chi connectivity index (χ1n) is 7.13. The molecule has 1 atom stereocenters. The first kappa shape index (κ1) is 16.5. The van der Waals surface area contributed by atoms with Gasteiger partial charge in [-0.05, 0) is 45.3 Å². The number of aryl methyl sites for hydroxylation is 1. The van der Waals surface area contributed by atoms with Gasteiger partial charge in [0.05, 0.1) is 17.9 Å². The van der Waals surface area contributed by atoms with Crippen molar-refractivity contribution in [2.24, 2.45) is 0 Å². The minimum atomic E-state index is -0.341. The fraction of sp³-hybridized carbons (Fsp3) is 0.312. The number of hydrogen-bond acceptors (Lipinski definition) is 5. The molecule has 2 aromatic heterocycles. The van der Waals surface area contributed by atoms with Crippen molar-refractivity contribution in [3.8, 4) is 6.07 Å². The molecule has 0 aliphatic heterocycles. The van der Waals surface area contributed by atoms with Gasteiger partial charge in [0.15, 0.2) is 0 Å². The SMILES string of the molecule is Cc1ccc([C@H](CNC(=O)Nc2ccc(C#N)nc2)N(C)C)o1. The molecule has 2 amide bonds. The van der Waals surface area contributed by atoms with E-state index in [0.29, 0.717) is 17.9 Å². The van der Waals surface area contributed by atoms with Gasteiger partial charge in [0, 0.05) is 6.54 Å². The average Bonchev–Trinajstić information content (AvgIpc) is 2.94. The van der Waals surface area contributed by atoms with Crippen LogP contribution in [0.15, 0.2) is 34.9 Å². The number of hydrogen-bond donors (Lipinski definition) is 2. The van der Waals surface area contributed by atoms with Crippen LogP contribution in [0.2, 0.25) is 0 Å². The fourth-order valence-electron chi connectivity index (χ4n) is 2.07. The van der Waals surface area contributed by atoms with E-state index in [4.69, 9.17) is 9.68 Å². The number of aromatic nitrogens is 1. The molecule has 0 bridgehead atoms. The molecular formula is C16H19N5O2. The van der Waals surface area contributed by atoms with Crippen molar-refractivity contribution in [3.63, 3.8) is 0 Å². The minimum absolute atomic E-state index is 0.0615. The van der Waals surface area contributed by atoms with Crippen molar-refractivity contribution in [1.82, 2.24) is 15.2 Å². The summed E-state index contributed by atoms with van der Waals surface area (Å²) in [5, 5.41) is 14.2. The van der Waals surface area contributed by atoms with Gasteiger partial charge >= 0.3 is 6.03 Å². The van der Waals surface area contributed by atoms with E-state index in [9.17, 15) is 4.79 Å². The second-order valence-corrected chi connectivity index (χ2v) is 5.31. The molecule has 0 aliphatic rings. The summed E-state index contributed by atoms with van der Waals surface area (Å²) in [4.78, 5) is 17.8. The first-order valence-corrected chi connectivity index (χ1v) is 7.13. The van der Waals surface area contributed by atoms with E-state index in [0.717, 1.165) is 11.5 Å². The number of anilines is 1. The van der Waals surface area contributed by atoms with E-state index < -0.39 is 0 Å². The Bertz CT molecular complexity index is 700. The van der Waals surface area contributed by atoms with Gasteiger partial charge in [-0.3, -0.25) is 4.90 Å². The third kappa shape index (κ3) is 4.56. The lowest BCUT2D eigenvalue weighted by atomic mass is 10.2. The van der Waals surface area contributed by atoms with Crippen molar-refractivity contribution in [2.75, 3.05) is 26.0 Å². The lowest BCUT2D eigenvalue weighted by Crippen LogP contribution is -2.36. The van der Waals surface area contributed by atoms with Crippen LogP contribution >= 0.6 is 0 Å². The third-order valence-electron chi connectivity index (χ3n) is 3.30. The van der Waals surface area contributed by atoms with Crippen molar-refractivity contribution in [1.29, 1.82) is 5.26 Å². The van der Waals surface area contributed by atoms with E-state index in [1.54, 1.807) is 12.1 Å². The Morgan fingerprint density at radius 2 is 2.17 bits per heavy atom. The summed E-state index contributed by atoms with van der Waals surface area (Å²) in [6.45, 7) is 2.28. The summed E-state index contributed by atoms with van der Waals surface area (Å²) in [5.74, 6) is 1.63. The number of nitrogens with one attached hydrogen (secondary N) is 2. The van der Waals surface area contributed by atoms with Gasteiger partial charge in [0.2, 0.25) is 0 Å². The van der Waals surface area contributed by atoms with Gasteiger partial charge in [0.1, 0.15) is 23.3 Å². The Kier molecular flexibility index (Phi) is 5.33. The molecule has 0 saturated heterocycles. The highest BCUT2D eigenvalue weighted by molar-refractivity contribution is 5.89. The molecule has 120 valence electrons. The van der Waals surface area contributed by atoms with Crippen LogP contribution in [0, 0.1) is 18.3 Å².